The highest BCUT2D eigenvalue weighted by Crippen LogP contribution is 2.20. The molecule has 0 atom stereocenters. The Morgan fingerprint density at radius 3 is 2.89 bits per heavy atom. The maximum Gasteiger partial charge on any atom is 0.275 e. The van der Waals surface area contributed by atoms with E-state index in [1.165, 1.54) is 12.8 Å². The Balaban J connectivity index is 1.97. The highest BCUT2D eigenvalue weighted by Gasteiger charge is 2.17. The van der Waals surface area contributed by atoms with Gasteiger partial charge in [-0.05, 0) is 31.4 Å². The summed E-state index contributed by atoms with van der Waals surface area (Å²) in [5.41, 5.74) is 3.85. The quantitative estimate of drug-likeness (QED) is 0.666. The fourth-order valence-electron chi connectivity index (χ4n) is 2.27. The molecule has 0 saturated heterocycles. The maximum absolute atomic E-state index is 12.0. The number of nitrogens with one attached hydrogen (secondary N) is 1. The molecule has 1 aliphatic carbocycles. The molecule has 0 bridgehead atoms. The lowest BCUT2D eigenvalue weighted by Gasteiger charge is -2.12. The number of carbonyl (C=O) groups excluding carboxylic acids is 1. The molecule has 1 saturated carbocycles. The van der Waals surface area contributed by atoms with Crippen molar-refractivity contribution in [3.05, 3.63) is 28.5 Å². The average Bonchev–Trinajstić information content (AvgIpc) is 2.88. The number of carbonyl (C=O) groups is 1. The molecule has 1 aliphatic rings. The second-order valence-electron chi connectivity index (χ2n) is 4.88. The van der Waals surface area contributed by atoms with Crippen molar-refractivity contribution < 1.29 is 9.63 Å². The van der Waals surface area contributed by atoms with Crippen LogP contribution in [0.2, 0.25) is 5.15 Å². The minimum atomic E-state index is -0.256. The van der Waals surface area contributed by atoms with Crippen molar-refractivity contribution in [2.24, 2.45) is 0 Å². The maximum atomic E-state index is 12.0. The molecule has 0 spiro atoms. The predicted octanol–water partition coefficient (Wildman–Crippen LogP) is 3.29. The summed E-state index contributed by atoms with van der Waals surface area (Å²) in [6.07, 6.45) is 6.29. The van der Waals surface area contributed by atoms with Crippen LogP contribution < -0.4 is 5.48 Å². The number of aromatic nitrogens is 1. The van der Waals surface area contributed by atoms with Gasteiger partial charge in [0.1, 0.15) is 5.15 Å². The average molecular weight is 283 g/mol. The molecule has 1 aromatic rings. The molecule has 0 aliphatic heterocycles. The third-order valence-corrected chi connectivity index (χ3v) is 3.43. The molecule has 0 radical (unpaired) electrons. The lowest BCUT2D eigenvalue weighted by molar-refractivity contribution is -0.0125. The molecule has 1 aromatic heterocycles. The molecule has 104 valence electrons. The van der Waals surface area contributed by atoms with Gasteiger partial charge in [-0.2, -0.15) is 0 Å². The van der Waals surface area contributed by atoms with Gasteiger partial charge >= 0.3 is 0 Å². The van der Waals surface area contributed by atoms with Gasteiger partial charge in [0.15, 0.2) is 0 Å². The molecule has 2 rings (SSSR count). The summed E-state index contributed by atoms with van der Waals surface area (Å²) in [5, 5.41) is 0.344. The first kappa shape index (κ1) is 14.3. The Morgan fingerprint density at radius 2 is 2.21 bits per heavy atom. The zero-order valence-corrected chi connectivity index (χ0v) is 11.9. The fourth-order valence-corrected chi connectivity index (χ4v) is 2.49. The van der Waals surface area contributed by atoms with Crippen LogP contribution in [0.1, 0.15) is 55.1 Å². The van der Waals surface area contributed by atoms with E-state index in [-0.39, 0.29) is 12.0 Å². The summed E-state index contributed by atoms with van der Waals surface area (Å²) in [7, 11) is 0. The summed E-state index contributed by atoms with van der Waals surface area (Å²) in [6.45, 7) is 2.06. The van der Waals surface area contributed by atoms with Crippen molar-refractivity contribution in [1.82, 2.24) is 10.5 Å². The standard InChI is InChI=1S/C14H19ClN2O2/c1-2-5-11-8-10(9-13(15)16-11)14(18)17-19-12-6-3-4-7-12/h8-9,12H,2-7H2,1H3,(H,17,18). The number of pyridine rings is 1. The largest absolute Gasteiger partial charge is 0.275 e. The summed E-state index contributed by atoms with van der Waals surface area (Å²) in [6, 6.07) is 3.33. The van der Waals surface area contributed by atoms with E-state index in [9.17, 15) is 4.79 Å². The topological polar surface area (TPSA) is 51.2 Å². The van der Waals surface area contributed by atoms with E-state index in [4.69, 9.17) is 16.4 Å². The van der Waals surface area contributed by atoms with Crippen LogP contribution >= 0.6 is 11.6 Å². The smallest absolute Gasteiger partial charge is 0.270 e. The first-order valence-electron chi connectivity index (χ1n) is 6.81. The number of halogens is 1. The SMILES string of the molecule is CCCc1cc(C(=O)NOC2CCCC2)cc(Cl)n1. The highest BCUT2D eigenvalue weighted by atomic mass is 35.5. The predicted molar refractivity (Wildman–Crippen MR) is 74.0 cm³/mol. The molecule has 1 N–H and O–H groups in total. The van der Waals surface area contributed by atoms with Crippen LogP contribution in [0.25, 0.3) is 0 Å². The fraction of sp³-hybridized carbons (Fsp3) is 0.571. The number of hydroxylamine groups is 1. The Morgan fingerprint density at radius 1 is 1.47 bits per heavy atom. The lowest BCUT2D eigenvalue weighted by Crippen LogP contribution is -2.28. The molecular formula is C14H19ClN2O2. The Labute approximate surface area is 118 Å². The molecule has 5 heteroatoms. The van der Waals surface area contributed by atoms with E-state index in [0.29, 0.717) is 10.7 Å². The van der Waals surface area contributed by atoms with Crippen LogP contribution in [-0.4, -0.2) is 17.0 Å². The summed E-state index contributed by atoms with van der Waals surface area (Å²) in [5.74, 6) is -0.256. The third kappa shape index (κ3) is 4.18. The van der Waals surface area contributed by atoms with Crippen LogP contribution in [0.15, 0.2) is 12.1 Å². The van der Waals surface area contributed by atoms with Crippen molar-refractivity contribution in [3.8, 4) is 0 Å². The van der Waals surface area contributed by atoms with Crippen molar-refractivity contribution in [2.75, 3.05) is 0 Å². The molecular weight excluding hydrogens is 264 g/mol. The minimum absolute atomic E-state index is 0.149. The van der Waals surface area contributed by atoms with Crippen molar-refractivity contribution in [1.29, 1.82) is 0 Å². The number of hydrogen-bond acceptors (Lipinski definition) is 3. The van der Waals surface area contributed by atoms with Gasteiger partial charge in [-0.25, -0.2) is 10.5 Å². The van der Waals surface area contributed by atoms with Gasteiger partial charge in [0, 0.05) is 11.3 Å². The number of amides is 1. The van der Waals surface area contributed by atoms with E-state index in [0.717, 1.165) is 31.4 Å². The number of rotatable bonds is 5. The first-order valence-corrected chi connectivity index (χ1v) is 7.19. The van der Waals surface area contributed by atoms with E-state index in [2.05, 4.69) is 17.4 Å². The van der Waals surface area contributed by atoms with Crippen molar-refractivity contribution in [3.63, 3.8) is 0 Å². The van der Waals surface area contributed by atoms with Crippen LogP contribution in [0.5, 0.6) is 0 Å². The molecule has 1 amide bonds. The van der Waals surface area contributed by atoms with E-state index < -0.39 is 0 Å². The molecule has 1 fully saturated rings. The lowest BCUT2D eigenvalue weighted by atomic mass is 10.1. The van der Waals surface area contributed by atoms with Crippen molar-refractivity contribution in [2.45, 2.75) is 51.6 Å². The van der Waals surface area contributed by atoms with Gasteiger partial charge in [-0.1, -0.05) is 37.8 Å². The molecule has 19 heavy (non-hydrogen) atoms. The molecule has 1 heterocycles. The van der Waals surface area contributed by atoms with Gasteiger partial charge in [-0.3, -0.25) is 9.63 Å². The molecule has 0 aromatic carbocycles. The number of hydrogen-bond donors (Lipinski definition) is 1. The Bertz CT molecular complexity index is 445. The van der Waals surface area contributed by atoms with E-state index in [1.54, 1.807) is 12.1 Å². The number of nitrogens with zero attached hydrogens (tertiary/aromatic N) is 1. The Hall–Kier alpha value is -1.13. The molecule has 4 nitrogen and oxygen atoms in total. The van der Waals surface area contributed by atoms with E-state index in [1.807, 2.05) is 0 Å². The molecule has 0 unspecified atom stereocenters. The van der Waals surface area contributed by atoms with Gasteiger partial charge in [0.05, 0.1) is 6.10 Å². The monoisotopic (exact) mass is 282 g/mol. The summed E-state index contributed by atoms with van der Waals surface area (Å²) >= 11 is 5.93. The van der Waals surface area contributed by atoms with Gasteiger partial charge < -0.3 is 0 Å². The number of aryl methyl sites for hydroxylation is 1. The van der Waals surface area contributed by atoms with E-state index >= 15 is 0 Å². The summed E-state index contributed by atoms with van der Waals surface area (Å²) in [4.78, 5) is 21.6. The zero-order chi connectivity index (χ0) is 13.7. The van der Waals surface area contributed by atoms with Crippen LogP contribution in [0.4, 0.5) is 0 Å². The minimum Gasteiger partial charge on any atom is -0.270 e. The van der Waals surface area contributed by atoms with Gasteiger partial charge in [0.25, 0.3) is 5.91 Å². The van der Waals surface area contributed by atoms with Crippen LogP contribution in [0.3, 0.4) is 0 Å². The van der Waals surface area contributed by atoms with Crippen molar-refractivity contribution >= 4 is 17.5 Å². The first-order chi connectivity index (χ1) is 9.19. The third-order valence-electron chi connectivity index (χ3n) is 3.24. The summed E-state index contributed by atoms with van der Waals surface area (Å²) < 4.78 is 0. The highest BCUT2D eigenvalue weighted by molar-refractivity contribution is 6.29. The zero-order valence-electron chi connectivity index (χ0n) is 11.1. The normalized spacial score (nSPS) is 15.7. The van der Waals surface area contributed by atoms with Gasteiger partial charge in [0.2, 0.25) is 0 Å². The Kier molecular flexibility index (Phi) is 5.16. The second kappa shape index (κ2) is 6.87. The van der Waals surface area contributed by atoms with Crippen LogP contribution in [0, 0.1) is 0 Å². The van der Waals surface area contributed by atoms with Gasteiger partial charge in [-0.15, -0.1) is 0 Å². The van der Waals surface area contributed by atoms with Crippen LogP contribution in [-0.2, 0) is 11.3 Å². The second-order valence-corrected chi connectivity index (χ2v) is 5.26.